The van der Waals surface area contributed by atoms with Crippen molar-refractivity contribution in [3.8, 4) is 5.88 Å². The maximum Gasteiger partial charge on any atom is 0.213 e. The zero-order valence-corrected chi connectivity index (χ0v) is 7.71. The van der Waals surface area contributed by atoms with Gasteiger partial charge in [-0.3, -0.25) is 0 Å². The molecular formula is C10H15NO. The first kappa shape index (κ1) is 9.04. The van der Waals surface area contributed by atoms with Crippen molar-refractivity contribution in [3.05, 3.63) is 23.9 Å². The highest BCUT2D eigenvalue weighted by molar-refractivity contribution is 5.20. The molecule has 2 heteroatoms. The summed E-state index contributed by atoms with van der Waals surface area (Å²) in [7, 11) is 1.64. The van der Waals surface area contributed by atoms with Crippen molar-refractivity contribution < 1.29 is 4.74 Å². The van der Waals surface area contributed by atoms with Crippen LogP contribution in [0.4, 0.5) is 0 Å². The van der Waals surface area contributed by atoms with E-state index in [-0.39, 0.29) is 0 Å². The lowest BCUT2D eigenvalue weighted by Gasteiger charge is -2.01. The summed E-state index contributed by atoms with van der Waals surface area (Å²) >= 11 is 0. The Morgan fingerprint density at radius 2 is 2.33 bits per heavy atom. The van der Waals surface area contributed by atoms with Crippen molar-refractivity contribution in [3.63, 3.8) is 0 Å². The molecule has 12 heavy (non-hydrogen) atoms. The Morgan fingerprint density at radius 3 is 3.00 bits per heavy atom. The lowest BCUT2D eigenvalue weighted by Crippen LogP contribution is -1.90. The van der Waals surface area contributed by atoms with Crippen LogP contribution in [0.3, 0.4) is 0 Å². The molecule has 0 saturated heterocycles. The second kappa shape index (κ2) is 4.75. The lowest BCUT2D eigenvalue weighted by molar-refractivity contribution is 0.397. The summed E-state index contributed by atoms with van der Waals surface area (Å²) in [5.41, 5.74) is 1.31. The van der Waals surface area contributed by atoms with Crippen molar-refractivity contribution in [2.75, 3.05) is 7.11 Å². The minimum atomic E-state index is 0.712. The number of unbranched alkanes of at least 4 members (excludes halogenated alkanes) is 1. The monoisotopic (exact) mass is 165 g/mol. The molecule has 1 aromatic rings. The number of aryl methyl sites for hydroxylation is 1. The summed E-state index contributed by atoms with van der Waals surface area (Å²) in [6.45, 7) is 2.19. The van der Waals surface area contributed by atoms with Gasteiger partial charge in [0.2, 0.25) is 5.88 Å². The molecule has 1 aromatic heterocycles. The Bertz CT molecular complexity index is 235. The largest absolute Gasteiger partial charge is 0.481 e. The second-order valence-electron chi connectivity index (χ2n) is 2.81. The van der Waals surface area contributed by atoms with E-state index in [0.29, 0.717) is 5.88 Å². The molecule has 0 spiro atoms. The number of rotatable bonds is 4. The average molecular weight is 165 g/mol. The Labute approximate surface area is 73.6 Å². The van der Waals surface area contributed by atoms with Crippen LogP contribution in [-0.2, 0) is 6.42 Å². The van der Waals surface area contributed by atoms with Gasteiger partial charge >= 0.3 is 0 Å². The Hall–Kier alpha value is -1.05. The third-order valence-corrected chi connectivity index (χ3v) is 1.83. The first-order valence-electron chi connectivity index (χ1n) is 4.35. The smallest absolute Gasteiger partial charge is 0.213 e. The van der Waals surface area contributed by atoms with Crippen molar-refractivity contribution in [1.29, 1.82) is 0 Å². The molecule has 0 radical (unpaired) electrons. The SMILES string of the molecule is CCCCc1ccnc(OC)c1. The summed E-state index contributed by atoms with van der Waals surface area (Å²) in [6.07, 6.45) is 5.37. The van der Waals surface area contributed by atoms with Gasteiger partial charge in [0.05, 0.1) is 7.11 Å². The molecule has 0 N–H and O–H groups in total. The highest BCUT2D eigenvalue weighted by Crippen LogP contribution is 2.10. The van der Waals surface area contributed by atoms with E-state index in [1.54, 1.807) is 13.3 Å². The van der Waals surface area contributed by atoms with Crippen LogP contribution >= 0.6 is 0 Å². The van der Waals surface area contributed by atoms with E-state index in [1.165, 1.54) is 18.4 Å². The van der Waals surface area contributed by atoms with E-state index in [1.807, 2.05) is 12.1 Å². The van der Waals surface area contributed by atoms with Crippen molar-refractivity contribution in [2.24, 2.45) is 0 Å². The van der Waals surface area contributed by atoms with Gasteiger partial charge in [0.25, 0.3) is 0 Å². The minimum absolute atomic E-state index is 0.712. The maximum absolute atomic E-state index is 5.02. The Morgan fingerprint density at radius 1 is 1.50 bits per heavy atom. The van der Waals surface area contributed by atoms with Gasteiger partial charge in [-0.2, -0.15) is 0 Å². The number of methoxy groups -OCH3 is 1. The second-order valence-corrected chi connectivity index (χ2v) is 2.81. The number of aromatic nitrogens is 1. The summed E-state index contributed by atoms with van der Waals surface area (Å²) < 4.78 is 5.02. The van der Waals surface area contributed by atoms with Crippen LogP contribution in [-0.4, -0.2) is 12.1 Å². The van der Waals surface area contributed by atoms with Crippen LogP contribution in [0.15, 0.2) is 18.3 Å². The number of pyridine rings is 1. The minimum Gasteiger partial charge on any atom is -0.481 e. The zero-order valence-electron chi connectivity index (χ0n) is 7.71. The first-order valence-corrected chi connectivity index (χ1v) is 4.35. The van der Waals surface area contributed by atoms with Gasteiger partial charge in [0.1, 0.15) is 0 Å². The molecule has 0 aromatic carbocycles. The van der Waals surface area contributed by atoms with Crippen LogP contribution in [0.1, 0.15) is 25.3 Å². The number of hydrogen-bond donors (Lipinski definition) is 0. The molecule has 66 valence electrons. The van der Waals surface area contributed by atoms with Crippen LogP contribution in [0.2, 0.25) is 0 Å². The summed E-state index contributed by atoms with van der Waals surface area (Å²) in [4.78, 5) is 4.04. The average Bonchev–Trinajstić information content (AvgIpc) is 2.15. The fourth-order valence-corrected chi connectivity index (χ4v) is 1.10. The molecule has 0 aliphatic heterocycles. The Kier molecular flexibility index (Phi) is 3.58. The number of nitrogens with zero attached hydrogens (tertiary/aromatic N) is 1. The van der Waals surface area contributed by atoms with Crippen LogP contribution in [0.25, 0.3) is 0 Å². The molecular weight excluding hydrogens is 150 g/mol. The van der Waals surface area contributed by atoms with Gasteiger partial charge in [-0.15, -0.1) is 0 Å². The van der Waals surface area contributed by atoms with Crippen molar-refractivity contribution in [2.45, 2.75) is 26.2 Å². The quantitative estimate of drug-likeness (QED) is 0.683. The summed E-state index contributed by atoms with van der Waals surface area (Å²) in [6, 6.07) is 4.04. The van der Waals surface area contributed by atoms with Gasteiger partial charge < -0.3 is 4.74 Å². The van der Waals surface area contributed by atoms with Crippen LogP contribution in [0, 0.1) is 0 Å². The molecule has 0 aliphatic rings. The van der Waals surface area contributed by atoms with Gasteiger partial charge in [-0.1, -0.05) is 13.3 Å². The summed E-state index contributed by atoms with van der Waals surface area (Å²) in [5, 5.41) is 0. The fourth-order valence-electron chi connectivity index (χ4n) is 1.10. The molecule has 0 unspecified atom stereocenters. The normalized spacial score (nSPS) is 9.83. The number of ether oxygens (including phenoxy) is 1. The van der Waals surface area contributed by atoms with Crippen LogP contribution in [0.5, 0.6) is 5.88 Å². The van der Waals surface area contributed by atoms with Gasteiger partial charge in [0.15, 0.2) is 0 Å². The van der Waals surface area contributed by atoms with Crippen molar-refractivity contribution in [1.82, 2.24) is 4.98 Å². The number of hydrogen-bond acceptors (Lipinski definition) is 2. The fraction of sp³-hybridized carbons (Fsp3) is 0.500. The molecule has 0 bridgehead atoms. The molecule has 0 amide bonds. The molecule has 2 nitrogen and oxygen atoms in total. The van der Waals surface area contributed by atoms with E-state index < -0.39 is 0 Å². The van der Waals surface area contributed by atoms with Crippen molar-refractivity contribution >= 4 is 0 Å². The van der Waals surface area contributed by atoms with Gasteiger partial charge in [-0.25, -0.2) is 4.98 Å². The molecule has 0 saturated carbocycles. The molecule has 0 aliphatic carbocycles. The van der Waals surface area contributed by atoms with Gasteiger partial charge in [-0.05, 0) is 24.5 Å². The molecule has 0 fully saturated rings. The Balaban J connectivity index is 2.60. The predicted octanol–water partition coefficient (Wildman–Crippen LogP) is 2.43. The third kappa shape index (κ3) is 2.53. The van der Waals surface area contributed by atoms with Gasteiger partial charge in [0, 0.05) is 12.3 Å². The molecule has 1 heterocycles. The van der Waals surface area contributed by atoms with Crippen LogP contribution < -0.4 is 4.74 Å². The predicted molar refractivity (Wildman–Crippen MR) is 49.4 cm³/mol. The van der Waals surface area contributed by atoms with E-state index in [0.717, 1.165) is 6.42 Å². The topological polar surface area (TPSA) is 22.1 Å². The highest BCUT2D eigenvalue weighted by atomic mass is 16.5. The van der Waals surface area contributed by atoms with E-state index in [2.05, 4.69) is 11.9 Å². The maximum atomic E-state index is 5.02. The van der Waals surface area contributed by atoms with E-state index in [4.69, 9.17) is 4.74 Å². The highest BCUT2D eigenvalue weighted by Gasteiger charge is 1.95. The molecule has 1 rings (SSSR count). The van der Waals surface area contributed by atoms with E-state index >= 15 is 0 Å². The summed E-state index contributed by atoms with van der Waals surface area (Å²) in [5.74, 6) is 0.712. The third-order valence-electron chi connectivity index (χ3n) is 1.83. The molecule has 0 atom stereocenters. The zero-order chi connectivity index (χ0) is 8.81. The lowest BCUT2D eigenvalue weighted by atomic mass is 10.1. The van der Waals surface area contributed by atoms with E-state index in [9.17, 15) is 0 Å². The first-order chi connectivity index (χ1) is 5.86. The standard InChI is InChI=1S/C10H15NO/c1-3-4-5-9-6-7-11-10(8-9)12-2/h6-8H,3-5H2,1-2H3.